The van der Waals surface area contributed by atoms with Crippen LogP contribution in [0.5, 0.6) is 5.88 Å². The van der Waals surface area contributed by atoms with Gasteiger partial charge in [-0.2, -0.15) is 0 Å². The number of fused-ring (bicyclic) bond motifs is 1. The summed E-state index contributed by atoms with van der Waals surface area (Å²) >= 11 is 1.59. The van der Waals surface area contributed by atoms with Crippen LogP contribution in [0.3, 0.4) is 0 Å². The zero-order valence-corrected chi connectivity index (χ0v) is 8.58. The fraction of sp³-hybridized carbons (Fsp3) is 0. The summed E-state index contributed by atoms with van der Waals surface area (Å²) in [5.41, 5.74) is 1.99. The summed E-state index contributed by atoms with van der Waals surface area (Å²) in [5.74, 6) is 0.189. The van der Waals surface area contributed by atoms with Crippen LogP contribution in [0.1, 0.15) is 0 Å². The SMILES string of the molecule is Oc1cc2c(-c3nccs3)cccc2[nH]1. The molecule has 2 heterocycles. The zero-order chi connectivity index (χ0) is 10.3. The lowest BCUT2D eigenvalue weighted by Crippen LogP contribution is -1.76. The molecule has 74 valence electrons. The summed E-state index contributed by atoms with van der Waals surface area (Å²) in [5, 5.41) is 13.3. The van der Waals surface area contributed by atoms with Crippen molar-refractivity contribution in [2.24, 2.45) is 0 Å². The van der Waals surface area contributed by atoms with E-state index >= 15 is 0 Å². The van der Waals surface area contributed by atoms with E-state index in [0.29, 0.717) is 0 Å². The van der Waals surface area contributed by atoms with Crippen molar-refractivity contribution in [2.75, 3.05) is 0 Å². The Morgan fingerprint density at radius 1 is 1.33 bits per heavy atom. The van der Waals surface area contributed by atoms with Gasteiger partial charge in [0.25, 0.3) is 0 Å². The number of thiazole rings is 1. The molecule has 0 amide bonds. The highest BCUT2D eigenvalue weighted by Crippen LogP contribution is 2.31. The van der Waals surface area contributed by atoms with Gasteiger partial charge in [0.05, 0.1) is 0 Å². The van der Waals surface area contributed by atoms with Crippen LogP contribution in [0.4, 0.5) is 0 Å². The number of H-pyrrole nitrogens is 1. The van der Waals surface area contributed by atoms with Crippen molar-refractivity contribution in [3.63, 3.8) is 0 Å². The first-order valence-corrected chi connectivity index (χ1v) is 5.43. The highest BCUT2D eigenvalue weighted by Gasteiger charge is 2.07. The average molecular weight is 216 g/mol. The Balaban J connectivity index is 2.35. The van der Waals surface area contributed by atoms with Gasteiger partial charge in [0.15, 0.2) is 5.88 Å². The van der Waals surface area contributed by atoms with E-state index in [-0.39, 0.29) is 5.88 Å². The zero-order valence-electron chi connectivity index (χ0n) is 7.77. The van der Waals surface area contributed by atoms with Crippen LogP contribution >= 0.6 is 11.3 Å². The van der Waals surface area contributed by atoms with Crippen LogP contribution in [-0.4, -0.2) is 15.1 Å². The quantitative estimate of drug-likeness (QED) is 0.657. The minimum Gasteiger partial charge on any atom is -0.495 e. The number of rotatable bonds is 1. The van der Waals surface area contributed by atoms with Crippen molar-refractivity contribution >= 4 is 22.2 Å². The van der Waals surface area contributed by atoms with Gasteiger partial charge in [0.1, 0.15) is 5.01 Å². The predicted octanol–water partition coefficient (Wildman–Crippen LogP) is 3.00. The monoisotopic (exact) mass is 216 g/mol. The minimum absolute atomic E-state index is 0.189. The lowest BCUT2D eigenvalue weighted by atomic mass is 10.1. The van der Waals surface area contributed by atoms with Crippen LogP contribution in [0.15, 0.2) is 35.8 Å². The highest BCUT2D eigenvalue weighted by atomic mass is 32.1. The van der Waals surface area contributed by atoms with Gasteiger partial charge in [0.2, 0.25) is 0 Å². The van der Waals surface area contributed by atoms with Crippen molar-refractivity contribution in [1.29, 1.82) is 0 Å². The Kier molecular flexibility index (Phi) is 1.76. The summed E-state index contributed by atoms with van der Waals surface area (Å²) in [6.07, 6.45) is 1.78. The van der Waals surface area contributed by atoms with Gasteiger partial charge in [-0.25, -0.2) is 4.98 Å². The Morgan fingerprint density at radius 2 is 2.27 bits per heavy atom. The molecule has 0 atom stereocenters. The Labute approximate surface area is 90.0 Å². The van der Waals surface area contributed by atoms with Crippen LogP contribution in [0.25, 0.3) is 21.5 Å². The topological polar surface area (TPSA) is 48.9 Å². The van der Waals surface area contributed by atoms with Gasteiger partial charge < -0.3 is 10.1 Å². The molecule has 3 nitrogen and oxygen atoms in total. The smallest absolute Gasteiger partial charge is 0.189 e. The summed E-state index contributed by atoms with van der Waals surface area (Å²) in [6, 6.07) is 7.63. The molecule has 3 aromatic rings. The molecule has 2 aromatic heterocycles. The van der Waals surface area contributed by atoms with Crippen molar-refractivity contribution in [3.8, 4) is 16.5 Å². The third-order valence-corrected chi connectivity index (χ3v) is 3.12. The molecule has 3 rings (SSSR count). The number of benzene rings is 1. The standard InChI is InChI=1S/C11H8N2OS/c14-10-6-8-7(11-12-4-5-15-11)2-1-3-9(8)13-10/h1-6,13-14H. The maximum Gasteiger partial charge on any atom is 0.189 e. The number of nitrogens with one attached hydrogen (secondary N) is 1. The maximum absolute atomic E-state index is 9.41. The first-order chi connectivity index (χ1) is 7.34. The summed E-state index contributed by atoms with van der Waals surface area (Å²) < 4.78 is 0. The van der Waals surface area contributed by atoms with E-state index in [4.69, 9.17) is 0 Å². The molecule has 2 N–H and O–H groups in total. The van der Waals surface area contributed by atoms with Crippen LogP contribution in [0, 0.1) is 0 Å². The molecule has 0 aliphatic heterocycles. The van der Waals surface area contributed by atoms with Gasteiger partial charge in [-0.1, -0.05) is 12.1 Å². The molecule has 0 saturated heterocycles. The van der Waals surface area contributed by atoms with Crippen LogP contribution in [-0.2, 0) is 0 Å². The number of aromatic hydroxyl groups is 1. The second kappa shape index (κ2) is 3.10. The molecule has 0 bridgehead atoms. The predicted molar refractivity (Wildman–Crippen MR) is 61.1 cm³/mol. The molecule has 0 saturated carbocycles. The van der Waals surface area contributed by atoms with Gasteiger partial charge in [-0.3, -0.25) is 0 Å². The lowest BCUT2D eigenvalue weighted by molar-refractivity contribution is 0.458. The van der Waals surface area contributed by atoms with E-state index in [1.165, 1.54) is 0 Å². The van der Waals surface area contributed by atoms with Gasteiger partial charge in [-0.15, -0.1) is 11.3 Å². The van der Waals surface area contributed by atoms with Crippen LogP contribution in [0.2, 0.25) is 0 Å². The van der Waals surface area contributed by atoms with E-state index < -0.39 is 0 Å². The van der Waals surface area contributed by atoms with Gasteiger partial charge in [-0.05, 0) is 6.07 Å². The van der Waals surface area contributed by atoms with Crippen molar-refractivity contribution in [1.82, 2.24) is 9.97 Å². The van der Waals surface area contributed by atoms with E-state index in [1.54, 1.807) is 23.6 Å². The molecule has 0 spiro atoms. The Morgan fingerprint density at radius 3 is 3.07 bits per heavy atom. The first-order valence-electron chi connectivity index (χ1n) is 4.55. The molecule has 4 heteroatoms. The highest BCUT2D eigenvalue weighted by molar-refractivity contribution is 7.13. The molecule has 15 heavy (non-hydrogen) atoms. The van der Waals surface area contributed by atoms with Crippen molar-refractivity contribution in [3.05, 3.63) is 35.8 Å². The summed E-state index contributed by atoms with van der Waals surface area (Å²) in [6.45, 7) is 0. The molecule has 0 aliphatic rings. The number of aromatic amines is 1. The largest absolute Gasteiger partial charge is 0.495 e. The van der Waals surface area contributed by atoms with E-state index in [1.807, 2.05) is 23.6 Å². The average Bonchev–Trinajstić information content (AvgIpc) is 2.82. The van der Waals surface area contributed by atoms with Crippen molar-refractivity contribution < 1.29 is 5.11 Å². The molecular weight excluding hydrogens is 208 g/mol. The second-order valence-corrected chi connectivity index (χ2v) is 4.15. The normalized spacial score (nSPS) is 10.9. The fourth-order valence-corrected chi connectivity index (χ4v) is 2.36. The number of hydrogen-bond donors (Lipinski definition) is 2. The third-order valence-electron chi connectivity index (χ3n) is 2.31. The first kappa shape index (κ1) is 8.49. The fourth-order valence-electron chi connectivity index (χ4n) is 1.68. The molecule has 0 fully saturated rings. The van der Waals surface area contributed by atoms with E-state index in [0.717, 1.165) is 21.5 Å². The lowest BCUT2D eigenvalue weighted by Gasteiger charge is -1.97. The molecule has 0 unspecified atom stereocenters. The van der Waals surface area contributed by atoms with Crippen LogP contribution < -0.4 is 0 Å². The molecule has 0 aliphatic carbocycles. The molecular formula is C11H8N2OS. The summed E-state index contributed by atoms with van der Waals surface area (Å²) in [4.78, 5) is 7.16. The molecule has 1 aromatic carbocycles. The second-order valence-electron chi connectivity index (χ2n) is 3.26. The van der Waals surface area contributed by atoms with Gasteiger partial charge in [0, 0.05) is 34.1 Å². The number of hydrogen-bond acceptors (Lipinski definition) is 3. The number of nitrogens with zero attached hydrogens (tertiary/aromatic N) is 1. The Hall–Kier alpha value is -1.81. The third kappa shape index (κ3) is 1.30. The summed E-state index contributed by atoms with van der Waals surface area (Å²) in [7, 11) is 0. The number of aromatic nitrogens is 2. The Bertz CT molecular complexity index is 598. The van der Waals surface area contributed by atoms with Gasteiger partial charge >= 0.3 is 0 Å². The van der Waals surface area contributed by atoms with E-state index in [9.17, 15) is 5.11 Å². The minimum atomic E-state index is 0.189. The maximum atomic E-state index is 9.41. The van der Waals surface area contributed by atoms with Crippen molar-refractivity contribution in [2.45, 2.75) is 0 Å². The van der Waals surface area contributed by atoms with E-state index in [2.05, 4.69) is 9.97 Å². The molecule has 0 radical (unpaired) electrons.